The van der Waals surface area contributed by atoms with E-state index in [1.165, 1.54) is 6.07 Å². The zero-order valence-electron chi connectivity index (χ0n) is 5.79. The summed E-state index contributed by atoms with van der Waals surface area (Å²) < 4.78 is 46.5. The van der Waals surface area contributed by atoms with Crippen LogP contribution in [0.4, 0.5) is 13.2 Å². The number of hydrogen-bond donors (Lipinski definition) is 0. The van der Waals surface area contributed by atoms with Crippen LogP contribution in [0.1, 0.15) is 0 Å². The number of nitriles is 1. The molecule has 0 aromatic rings. The normalized spacial score (nSPS) is 16.3. The molecule has 1 rings (SSSR count). The Hall–Kier alpha value is -1.49. The number of nitrogens with zero attached hydrogens (tertiary/aromatic N) is 3. The molecule has 0 N–H and O–H groups in total. The molecule has 0 fully saturated rings. The van der Waals surface area contributed by atoms with E-state index >= 15 is 0 Å². The monoisotopic (exact) mass is 207 g/mol. The lowest BCUT2D eigenvalue weighted by Gasteiger charge is -2.04. The summed E-state index contributed by atoms with van der Waals surface area (Å²) in [6.07, 6.45) is -4.76. The summed E-state index contributed by atoms with van der Waals surface area (Å²) in [5.41, 5.74) is -2.22. The molecule has 68 valence electrons. The van der Waals surface area contributed by atoms with E-state index < -0.39 is 33.7 Å². The molecule has 1 heterocycles. The third-order valence-corrected chi connectivity index (χ3v) is 1.60. The van der Waals surface area contributed by atoms with Crippen molar-refractivity contribution < 1.29 is 17.4 Å². The Kier molecular flexibility index (Phi) is 2.29. The van der Waals surface area contributed by atoms with E-state index in [4.69, 9.17) is 5.26 Å². The molecular formula is C5F3N3OS. The van der Waals surface area contributed by atoms with Crippen molar-refractivity contribution in [2.24, 2.45) is 10.2 Å². The maximum Gasteiger partial charge on any atom is 0.422 e. The van der Waals surface area contributed by atoms with E-state index in [2.05, 4.69) is 10.2 Å². The van der Waals surface area contributed by atoms with Crippen molar-refractivity contribution in [3.63, 3.8) is 0 Å². The molecule has 1 aliphatic heterocycles. The van der Waals surface area contributed by atoms with Gasteiger partial charge in [-0.05, 0) is 0 Å². The fourth-order valence-electron chi connectivity index (χ4n) is 0.689. The van der Waals surface area contributed by atoms with Crippen LogP contribution >= 0.6 is 0 Å². The van der Waals surface area contributed by atoms with Gasteiger partial charge in [-0.2, -0.15) is 18.4 Å². The van der Waals surface area contributed by atoms with E-state index in [-0.39, 0.29) is 0 Å². The summed E-state index contributed by atoms with van der Waals surface area (Å²) in [5, 5.41) is 14.1. The minimum absolute atomic E-state index is 0.436. The summed E-state index contributed by atoms with van der Waals surface area (Å²) in [6.45, 7) is 0. The quantitative estimate of drug-likeness (QED) is 0.559. The first-order chi connectivity index (χ1) is 6.00. The zero-order chi connectivity index (χ0) is 10.1. The van der Waals surface area contributed by atoms with Crippen molar-refractivity contribution in [2.45, 2.75) is 6.18 Å². The van der Waals surface area contributed by atoms with Gasteiger partial charge in [0.15, 0.2) is 10.7 Å². The number of alkyl halides is 3. The molecule has 1 aliphatic rings. The highest BCUT2D eigenvalue weighted by Gasteiger charge is 2.43. The molecule has 0 unspecified atom stereocenters. The number of allylic oxidation sites excluding steroid dienone is 1. The van der Waals surface area contributed by atoms with E-state index in [9.17, 15) is 17.4 Å². The van der Waals surface area contributed by atoms with Crippen molar-refractivity contribution in [3.8, 4) is 6.07 Å². The molecule has 0 saturated carbocycles. The highest BCUT2D eigenvalue weighted by atomic mass is 32.1. The summed E-state index contributed by atoms with van der Waals surface area (Å²) >= 11 is -0.436. The van der Waals surface area contributed by atoms with Crippen LogP contribution in [0.15, 0.2) is 21.5 Å². The lowest BCUT2D eigenvalue weighted by atomic mass is 10.2. The molecule has 0 bridgehead atoms. The first-order valence-electron chi connectivity index (χ1n) is 2.81. The van der Waals surface area contributed by atoms with Crippen LogP contribution in [-0.4, -0.2) is 15.4 Å². The third kappa shape index (κ3) is 1.65. The Morgan fingerprint density at radius 2 is 2.00 bits per heavy atom. The summed E-state index contributed by atoms with van der Waals surface area (Å²) in [4.78, 5) is -0.816. The van der Waals surface area contributed by atoms with Gasteiger partial charge in [-0.1, -0.05) is 0 Å². The molecule has 0 aromatic carbocycles. The average molecular weight is 207 g/mol. The molecule has 13 heavy (non-hydrogen) atoms. The van der Waals surface area contributed by atoms with Gasteiger partial charge in [-0.3, -0.25) is 0 Å². The molecule has 0 amide bonds. The highest BCUT2D eigenvalue weighted by molar-refractivity contribution is 7.67. The maximum absolute atomic E-state index is 12.1. The second kappa shape index (κ2) is 3.10. The lowest BCUT2D eigenvalue weighted by molar-refractivity contribution is -0.0861. The number of rotatable bonds is 0. The molecule has 0 radical (unpaired) electrons. The van der Waals surface area contributed by atoms with Crippen molar-refractivity contribution in [3.05, 3.63) is 11.3 Å². The van der Waals surface area contributed by atoms with E-state index in [1.54, 1.807) is 0 Å². The predicted molar refractivity (Wildman–Crippen MR) is 36.7 cm³/mol. The van der Waals surface area contributed by atoms with Gasteiger partial charge in [0.05, 0.1) is 0 Å². The standard InChI is InChI=1S/C5F3N3OS/c6-5(7,8)3-2(1-9)10-11-4(3)13-12. The van der Waals surface area contributed by atoms with Crippen LogP contribution in [0.5, 0.6) is 0 Å². The Morgan fingerprint density at radius 3 is 2.38 bits per heavy atom. The number of hydrogen-bond acceptors (Lipinski definition) is 3. The van der Waals surface area contributed by atoms with Gasteiger partial charge < -0.3 is 0 Å². The SMILES string of the molecule is N#CC1=C(C(F)(F)F)C(=S=O)N=N1. The van der Waals surface area contributed by atoms with Crippen molar-refractivity contribution in [2.75, 3.05) is 0 Å². The summed E-state index contributed by atoms with van der Waals surface area (Å²) in [5.74, 6) is 0. The maximum atomic E-state index is 12.1. The van der Waals surface area contributed by atoms with Crippen LogP contribution in [0.3, 0.4) is 0 Å². The lowest BCUT2D eigenvalue weighted by Crippen LogP contribution is -2.18. The largest absolute Gasteiger partial charge is 0.422 e. The Balaban J connectivity index is 3.35. The predicted octanol–water partition coefficient (Wildman–Crippen LogP) is 1.14. The minimum atomic E-state index is -4.76. The molecule has 8 heteroatoms. The van der Waals surface area contributed by atoms with Gasteiger partial charge >= 0.3 is 6.18 Å². The zero-order valence-corrected chi connectivity index (χ0v) is 6.61. The molecule has 0 atom stereocenters. The molecule has 0 saturated heterocycles. The topological polar surface area (TPSA) is 65.6 Å². The van der Waals surface area contributed by atoms with E-state index in [0.29, 0.717) is 0 Å². The highest BCUT2D eigenvalue weighted by Crippen LogP contribution is 2.32. The molecule has 0 spiro atoms. The average Bonchev–Trinajstić information content (AvgIpc) is 2.45. The Labute approximate surface area is 73.4 Å². The van der Waals surface area contributed by atoms with Crippen molar-refractivity contribution >= 4 is 16.2 Å². The first kappa shape index (κ1) is 9.60. The first-order valence-corrected chi connectivity index (χ1v) is 3.55. The van der Waals surface area contributed by atoms with E-state index in [1.807, 2.05) is 0 Å². The van der Waals surface area contributed by atoms with Crippen molar-refractivity contribution in [1.82, 2.24) is 0 Å². The van der Waals surface area contributed by atoms with Gasteiger partial charge in [0, 0.05) is 0 Å². The summed E-state index contributed by atoms with van der Waals surface area (Å²) in [7, 11) is 0. The van der Waals surface area contributed by atoms with Gasteiger partial charge in [0.2, 0.25) is 0 Å². The smallest absolute Gasteiger partial charge is 0.210 e. The van der Waals surface area contributed by atoms with Crippen LogP contribution in [-0.2, 0) is 11.3 Å². The third-order valence-electron chi connectivity index (χ3n) is 1.16. The number of azo groups is 1. The molecular weight excluding hydrogens is 207 g/mol. The minimum Gasteiger partial charge on any atom is -0.210 e. The van der Waals surface area contributed by atoms with Gasteiger partial charge in [-0.15, -0.1) is 10.2 Å². The fourth-order valence-corrected chi connectivity index (χ4v) is 1.06. The van der Waals surface area contributed by atoms with Crippen LogP contribution in [0, 0.1) is 11.3 Å². The summed E-state index contributed by atoms with van der Waals surface area (Å²) in [6, 6.07) is 1.21. The Morgan fingerprint density at radius 1 is 1.38 bits per heavy atom. The second-order valence-corrected chi connectivity index (χ2v) is 2.48. The molecule has 0 aromatic heterocycles. The van der Waals surface area contributed by atoms with Gasteiger partial charge in [0.1, 0.15) is 22.9 Å². The van der Waals surface area contributed by atoms with Gasteiger partial charge in [-0.25, -0.2) is 4.21 Å². The van der Waals surface area contributed by atoms with E-state index in [0.717, 1.165) is 0 Å². The van der Waals surface area contributed by atoms with Crippen molar-refractivity contribution in [1.29, 1.82) is 5.26 Å². The molecule has 4 nitrogen and oxygen atoms in total. The Bertz CT molecular complexity index is 396. The van der Waals surface area contributed by atoms with Crippen LogP contribution in [0.2, 0.25) is 0 Å². The van der Waals surface area contributed by atoms with Gasteiger partial charge in [0.25, 0.3) is 0 Å². The molecule has 0 aliphatic carbocycles. The fraction of sp³-hybridized carbons (Fsp3) is 0.200. The van der Waals surface area contributed by atoms with Crippen LogP contribution in [0.25, 0.3) is 0 Å². The number of halogens is 3. The van der Waals surface area contributed by atoms with Crippen LogP contribution < -0.4 is 0 Å². The second-order valence-electron chi connectivity index (χ2n) is 1.92.